The van der Waals surface area contributed by atoms with Gasteiger partial charge in [0.05, 0.1) is 5.56 Å². The number of rotatable bonds is 3. The highest BCUT2D eigenvalue weighted by Gasteiger charge is 2.29. The molecule has 0 aromatic heterocycles. The summed E-state index contributed by atoms with van der Waals surface area (Å²) >= 11 is 0. The van der Waals surface area contributed by atoms with E-state index in [1.807, 2.05) is 0 Å². The van der Waals surface area contributed by atoms with Gasteiger partial charge in [0.25, 0.3) is 0 Å². The van der Waals surface area contributed by atoms with Crippen LogP contribution in [0, 0.1) is 11.3 Å². The van der Waals surface area contributed by atoms with Crippen LogP contribution >= 0.6 is 0 Å². The standard InChI is InChI=1S/C14H20F3N/c1-10(13(2,3)4)9-18-12-7-5-11(6-8-12)14(15,16)17/h5-8,10,18H,9H2,1-4H3. The topological polar surface area (TPSA) is 12.0 Å². The van der Waals surface area contributed by atoms with Gasteiger partial charge >= 0.3 is 6.18 Å². The van der Waals surface area contributed by atoms with Gasteiger partial charge in [0.2, 0.25) is 0 Å². The molecule has 0 bridgehead atoms. The molecule has 1 rings (SSSR count). The Hall–Kier alpha value is -1.19. The van der Waals surface area contributed by atoms with Gasteiger partial charge in [-0.25, -0.2) is 0 Å². The maximum Gasteiger partial charge on any atom is 0.416 e. The summed E-state index contributed by atoms with van der Waals surface area (Å²) in [5.74, 6) is 0.430. The first-order chi connectivity index (χ1) is 8.10. The molecule has 0 fully saturated rings. The van der Waals surface area contributed by atoms with E-state index in [0.29, 0.717) is 5.92 Å². The van der Waals surface area contributed by atoms with Gasteiger partial charge in [-0.2, -0.15) is 13.2 Å². The molecule has 102 valence electrons. The molecule has 0 spiro atoms. The van der Waals surface area contributed by atoms with Crippen LogP contribution in [0.1, 0.15) is 33.3 Å². The maximum atomic E-state index is 12.4. The number of hydrogen-bond acceptors (Lipinski definition) is 1. The van der Waals surface area contributed by atoms with Gasteiger partial charge in [0, 0.05) is 12.2 Å². The number of nitrogens with one attached hydrogen (secondary N) is 1. The molecule has 1 unspecified atom stereocenters. The molecule has 0 aliphatic carbocycles. The van der Waals surface area contributed by atoms with Crippen molar-refractivity contribution in [2.75, 3.05) is 11.9 Å². The number of hydrogen-bond donors (Lipinski definition) is 1. The lowest BCUT2D eigenvalue weighted by Crippen LogP contribution is -2.24. The third kappa shape index (κ3) is 4.24. The van der Waals surface area contributed by atoms with Gasteiger partial charge in [0.15, 0.2) is 0 Å². The number of alkyl halides is 3. The van der Waals surface area contributed by atoms with Crippen LogP contribution in [0.25, 0.3) is 0 Å². The zero-order valence-corrected chi connectivity index (χ0v) is 11.2. The van der Waals surface area contributed by atoms with Crippen LogP contribution in [-0.2, 0) is 6.18 Å². The predicted octanol–water partition coefficient (Wildman–Crippen LogP) is 4.80. The summed E-state index contributed by atoms with van der Waals surface area (Å²) in [7, 11) is 0. The molecule has 1 nitrogen and oxygen atoms in total. The third-order valence-corrected chi connectivity index (χ3v) is 3.30. The third-order valence-electron chi connectivity index (χ3n) is 3.30. The van der Waals surface area contributed by atoms with E-state index in [-0.39, 0.29) is 5.41 Å². The SMILES string of the molecule is CC(CNc1ccc(C(F)(F)F)cc1)C(C)(C)C. The van der Waals surface area contributed by atoms with E-state index in [4.69, 9.17) is 0 Å². The van der Waals surface area contributed by atoms with E-state index in [1.165, 1.54) is 12.1 Å². The summed E-state index contributed by atoms with van der Waals surface area (Å²) in [4.78, 5) is 0. The molecule has 0 heterocycles. The first-order valence-corrected chi connectivity index (χ1v) is 6.02. The van der Waals surface area contributed by atoms with E-state index in [9.17, 15) is 13.2 Å². The smallest absolute Gasteiger partial charge is 0.385 e. The first kappa shape index (κ1) is 14.9. The van der Waals surface area contributed by atoms with Crippen LogP contribution in [0.4, 0.5) is 18.9 Å². The summed E-state index contributed by atoms with van der Waals surface area (Å²) < 4.78 is 37.1. The lowest BCUT2D eigenvalue weighted by atomic mass is 9.82. The highest BCUT2D eigenvalue weighted by Crippen LogP contribution is 2.30. The normalized spacial score (nSPS) is 14.4. The summed E-state index contributed by atoms with van der Waals surface area (Å²) in [6, 6.07) is 5.14. The van der Waals surface area contributed by atoms with Crippen LogP contribution in [-0.4, -0.2) is 6.54 Å². The van der Waals surface area contributed by atoms with Gasteiger partial charge in [-0.15, -0.1) is 0 Å². The summed E-state index contributed by atoms with van der Waals surface area (Å²) in [6.45, 7) is 9.30. The molecule has 0 amide bonds. The van der Waals surface area contributed by atoms with Crippen LogP contribution in [0.5, 0.6) is 0 Å². The van der Waals surface area contributed by atoms with Crippen molar-refractivity contribution < 1.29 is 13.2 Å². The zero-order chi connectivity index (χ0) is 14.0. The number of anilines is 1. The molecule has 4 heteroatoms. The molecule has 0 radical (unpaired) electrons. The largest absolute Gasteiger partial charge is 0.416 e. The van der Waals surface area contributed by atoms with Crippen molar-refractivity contribution in [2.24, 2.45) is 11.3 Å². The predicted molar refractivity (Wildman–Crippen MR) is 68.6 cm³/mol. The molecule has 0 saturated carbocycles. The Kier molecular flexibility index (Phi) is 4.30. The molecule has 0 aliphatic rings. The second kappa shape index (κ2) is 5.21. The molecule has 1 atom stereocenters. The lowest BCUT2D eigenvalue weighted by molar-refractivity contribution is -0.137. The van der Waals surface area contributed by atoms with Crippen molar-refractivity contribution in [3.8, 4) is 0 Å². The minimum absolute atomic E-state index is 0.179. The minimum atomic E-state index is -4.27. The van der Waals surface area contributed by atoms with Gasteiger partial charge < -0.3 is 5.32 Å². The highest BCUT2D eigenvalue weighted by atomic mass is 19.4. The van der Waals surface area contributed by atoms with Crippen molar-refractivity contribution in [2.45, 2.75) is 33.9 Å². The monoisotopic (exact) mass is 259 g/mol. The molecule has 1 aromatic carbocycles. The maximum absolute atomic E-state index is 12.4. The molecule has 0 saturated heterocycles. The van der Waals surface area contributed by atoms with E-state index in [1.54, 1.807) is 0 Å². The highest BCUT2D eigenvalue weighted by molar-refractivity contribution is 5.45. The number of benzene rings is 1. The molecular formula is C14H20F3N. The summed E-state index contributed by atoms with van der Waals surface area (Å²) in [5.41, 5.74) is 0.287. The van der Waals surface area contributed by atoms with Crippen LogP contribution in [0.3, 0.4) is 0 Å². The fourth-order valence-electron chi connectivity index (χ4n) is 1.35. The van der Waals surface area contributed by atoms with E-state index in [0.717, 1.165) is 24.4 Å². The molecule has 1 aromatic rings. The molecule has 18 heavy (non-hydrogen) atoms. The quantitative estimate of drug-likeness (QED) is 0.822. The lowest BCUT2D eigenvalue weighted by Gasteiger charge is -2.27. The van der Waals surface area contributed by atoms with Gasteiger partial charge in [-0.05, 0) is 35.6 Å². The molecule has 1 N–H and O–H groups in total. The Balaban J connectivity index is 2.60. The van der Waals surface area contributed by atoms with Crippen molar-refractivity contribution in [3.05, 3.63) is 29.8 Å². The minimum Gasteiger partial charge on any atom is -0.385 e. The van der Waals surface area contributed by atoms with Gasteiger partial charge in [0.1, 0.15) is 0 Å². The van der Waals surface area contributed by atoms with Crippen molar-refractivity contribution >= 4 is 5.69 Å². The molecular weight excluding hydrogens is 239 g/mol. The average molecular weight is 259 g/mol. The van der Waals surface area contributed by atoms with Crippen LogP contribution in [0.15, 0.2) is 24.3 Å². The summed E-state index contributed by atoms with van der Waals surface area (Å²) in [6.07, 6.45) is -4.27. The fraction of sp³-hybridized carbons (Fsp3) is 0.571. The van der Waals surface area contributed by atoms with E-state index >= 15 is 0 Å². The van der Waals surface area contributed by atoms with Crippen LogP contribution in [0.2, 0.25) is 0 Å². The second-order valence-corrected chi connectivity index (χ2v) is 5.72. The Labute approximate surface area is 106 Å². The number of halogens is 3. The summed E-state index contributed by atoms with van der Waals surface area (Å²) in [5, 5.41) is 3.16. The zero-order valence-electron chi connectivity index (χ0n) is 11.2. The first-order valence-electron chi connectivity index (χ1n) is 6.02. The fourth-order valence-corrected chi connectivity index (χ4v) is 1.35. The van der Waals surface area contributed by atoms with Crippen molar-refractivity contribution in [1.82, 2.24) is 0 Å². The second-order valence-electron chi connectivity index (χ2n) is 5.72. The van der Waals surface area contributed by atoms with Gasteiger partial charge in [-0.1, -0.05) is 27.7 Å². The Morgan fingerprint density at radius 1 is 1.06 bits per heavy atom. The Morgan fingerprint density at radius 2 is 1.56 bits per heavy atom. The Morgan fingerprint density at radius 3 is 1.94 bits per heavy atom. The van der Waals surface area contributed by atoms with Crippen molar-refractivity contribution in [1.29, 1.82) is 0 Å². The van der Waals surface area contributed by atoms with E-state index in [2.05, 4.69) is 33.0 Å². The van der Waals surface area contributed by atoms with Crippen LogP contribution < -0.4 is 5.32 Å². The average Bonchev–Trinajstić information content (AvgIpc) is 2.24. The van der Waals surface area contributed by atoms with Gasteiger partial charge in [-0.3, -0.25) is 0 Å². The van der Waals surface area contributed by atoms with E-state index < -0.39 is 11.7 Å². The molecule has 0 aliphatic heterocycles. The Bertz CT molecular complexity index is 374. The van der Waals surface area contributed by atoms with Crippen molar-refractivity contribution in [3.63, 3.8) is 0 Å².